The minimum absolute atomic E-state index is 0.0536. The van der Waals surface area contributed by atoms with Crippen LogP contribution in [-0.2, 0) is 22.6 Å². The maximum Gasteiger partial charge on any atom is 0.226 e. The molecular weight excluding hydrogens is 344 g/mol. The van der Waals surface area contributed by atoms with Gasteiger partial charge in [-0.25, -0.2) is 0 Å². The number of hydrogen-bond donors (Lipinski definition) is 1. The first-order chi connectivity index (χ1) is 12.2. The van der Waals surface area contributed by atoms with Crippen LogP contribution >= 0.6 is 11.6 Å². The Morgan fingerprint density at radius 2 is 2.16 bits per heavy atom. The fourth-order valence-electron chi connectivity index (χ4n) is 2.65. The predicted octanol–water partition coefficient (Wildman–Crippen LogP) is 2.99. The molecule has 1 aliphatic heterocycles. The van der Waals surface area contributed by atoms with Gasteiger partial charge in [0.05, 0.1) is 12.1 Å². The van der Waals surface area contributed by atoms with Gasteiger partial charge in [0.1, 0.15) is 12.4 Å². The number of rotatable bonds is 7. The largest absolute Gasteiger partial charge is 0.485 e. The first-order valence-corrected chi connectivity index (χ1v) is 8.74. The van der Waals surface area contributed by atoms with Gasteiger partial charge in [-0.2, -0.15) is 0 Å². The molecule has 25 heavy (non-hydrogen) atoms. The van der Waals surface area contributed by atoms with Crippen molar-refractivity contribution in [2.45, 2.75) is 25.9 Å². The van der Waals surface area contributed by atoms with Crippen molar-refractivity contribution < 1.29 is 18.8 Å². The Morgan fingerprint density at radius 3 is 2.96 bits per heavy atom. The van der Waals surface area contributed by atoms with Gasteiger partial charge in [0.15, 0.2) is 5.76 Å². The molecule has 1 aliphatic rings. The number of nitrogens with one attached hydrogen (secondary N) is 1. The molecule has 0 spiro atoms. The molecule has 0 aliphatic carbocycles. The number of carbonyl (C=O) groups excluding carboxylic acids is 1. The summed E-state index contributed by atoms with van der Waals surface area (Å²) in [6.07, 6.45) is 2.19. The molecule has 1 fully saturated rings. The molecule has 1 aromatic heterocycles. The van der Waals surface area contributed by atoms with Crippen LogP contribution in [0.2, 0.25) is 5.02 Å². The summed E-state index contributed by atoms with van der Waals surface area (Å²) in [5, 5.41) is 7.48. The summed E-state index contributed by atoms with van der Waals surface area (Å²) in [5.41, 5.74) is 0.592. The van der Waals surface area contributed by atoms with E-state index >= 15 is 0 Å². The summed E-state index contributed by atoms with van der Waals surface area (Å²) in [4.78, 5) is 12.0. The van der Waals surface area contributed by atoms with E-state index in [4.69, 9.17) is 25.6 Å². The van der Waals surface area contributed by atoms with Crippen molar-refractivity contribution in [3.05, 3.63) is 46.8 Å². The van der Waals surface area contributed by atoms with Crippen LogP contribution in [-0.4, -0.2) is 30.8 Å². The van der Waals surface area contributed by atoms with Crippen molar-refractivity contribution in [2.75, 3.05) is 19.8 Å². The molecule has 2 heterocycles. The van der Waals surface area contributed by atoms with Gasteiger partial charge in [-0.3, -0.25) is 4.79 Å². The fourth-order valence-corrected chi connectivity index (χ4v) is 2.83. The molecule has 134 valence electrons. The topological polar surface area (TPSA) is 73.6 Å². The van der Waals surface area contributed by atoms with Gasteiger partial charge in [-0.15, -0.1) is 0 Å². The van der Waals surface area contributed by atoms with Crippen molar-refractivity contribution in [1.82, 2.24) is 10.5 Å². The lowest BCUT2D eigenvalue weighted by Gasteiger charge is -2.21. The maximum atomic E-state index is 12.0. The zero-order valence-electron chi connectivity index (χ0n) is 13.9. The average molecular weight is 365 g/mol. The highest BCUT2D eigenvalue weighted by molar-refractivity contribution is 6.30. The number of ether oxygens (including phenoxy) is 2. The van der Waals surface area contributed by atoms with E-state index in [0.717, 1.165) is 26.1 Å². The zero-order valence-corrected chi connectivity index (χ0v) is 14.6. The lowest BCUT2D eigenvalue weighted by molar-refractivity contribution is -0.120. The number of aromatic nitrogens is 1. The first-order valence-electron chi connectivity index (χ1n) is 8.36. The second-order valence-electron chi connectivity index (χ2n) is 6.07. The minimum Gasteiger partial charge on any atom is -0.485 e. The molecule has 1 N–H and O–H groups in total. The molecule has 1 saturated heterocycles. The van der Waals surface area contributed by atoms with Crippen LogP contribution in [0.25, 0.3) is 0 Å². The van der Waals surface area contributed by atoms with Crippen molar-refractivity contribution in [3.8, 4) is 5.75 Å². The van der Waals surface area contributed by atoms with Gasteiger partial charge in [-0.05, 0) is 37.0 Å². The molecule has 0 saturated carbocycles. The van der Waals surface area contributed by atoms with Gasteiger partial charge in [0, 0.05) is 30.8 Å². The molecular formula is C18H21ClN2O4. The Balaban J connectivity index is 1.42. The first kappa shape index (κ1) is 17.8. The summed E-state index contributed by atoms with van der Waals surface area (Å²) in [7, 11) is 0. The Kier molecular flexibility index (Phi) is 6.30. The number of carbonyl (C=O) groups is 1. The molecule has 7 heteroatoms. The normalized spacial score (nSPS) is 15.1. The van der Waals surface area contributed by atoms with E-state index in [1.165, 1.54) is 0 Å². The van der Waals surface area contributed by atoms with Crippen molar-refractivity contribution in [1.29, 1.82) is 0 Å². The molecule has 1 amide bonds. The fraction of sp³-hybridized carbons (Fsp3) is 0.444. The van der Waals surface area contributed by atoms with Gasteiger partial charge in [-0.1, -0.05) is 22.8 Å². The lowest BCUT2D eigenvalue weighted by Crippen LogP contribution is -2.33. The average Bonchev–Trinajstić information content (AvgIpc) is 3.06. The summed E-state index contributed by atoms with van der Waals surface area (Å²) < 4.78 is 16.1. The second kappa shape index (κ2) is 8.87. The number of amides is 1. The Labute approximate surface area is 151 Å². The van der Waals surface area contributed by atoms with E-state index in [-0.39, 0.29) is 18.9 Å². The quantitative estimate of drug-likeness (QED) is 0.817. The summed E-state index contributed by atoms with van der Waals surface area (Å²) in [6.45, 7) is 2.47. The minimum atomic E-state index is -0.0536. The molecule has 3 rings (SSSR count). The monoisotopic (exact) mass is 364 g/mol. The lowest BCUT2D eigenvalue weighted by atomic mass is 10.0. The third kappa shape index (κ3) is 5.76. The van der Waals surface area contributed by atoms with Gasteiger partial charge in [0.25, 0.3) is 0 Å². The summed E-state index contributed by atoms with van der Waals surface area (Å²) in [6, 6.07) is 8.86. The van der Waals surface area contributed by atoms with Gasteiger partial charge >= 0.3 is 0 Å². The molecule has 6 nitrogen and oxygen atoms in total. The summed E-state index contributed by atoms with van der Waals surface area (Å²) in [5.74, 6) is 1.66. The van der Waals surface area contributed by atoms with Crippen LogP contribution in [0.4, 0.5) is 0 Å². The molecule has 2 aromatic rings. The van der Waals surface area contributed by atoms with E-state index in [9.17, 15) is 4.79 Å². The van der Waals surface area contributed by atoms with E-state index in [1.54, 1.807) is 18.2 Å². The SMILES string of the molecule is O=C(Cc1cc(COc2cccc(Cl)c2)on1)NCC1CCOCC1. The number of hydrogen-bond acceptors (Lipinski definition) is 5. The van der Waals surface area contributed by atoms with Gasteiger partial charge < -0.3 is 19.3 Å². The van der Waals surface area contributed by atoms with E-state index in [2.05, 4.69) is 10.5 Å². The highest BCUT2D eigenvalue weighted by Gasteiger charge is 2.15. The number of benzene rings is 1. The van der Waals surface area contributed by atoms with Crippen LogP contribution in [0.5, 0.6) is 5.75 Å². The van der Waals surface area contributed by atoms with Crippen LogP contribution < -0.4 is 10.1 Å². The summed E-state index contributed by atoms with van der Waals surface area (Å²) >= 11 is 5.91. The number of nitrogens with zero attached hydrogens (tertiary/aromatic N) is 1. The molecule has 0 bridgehead atoms. The Hall–Kier alpha value is -2.05. The molecule has 0 unspecified atom stereocenters. The van der Waals surface area contributed by atoms with E-state index in [0.29, 0.717) is 34.7 Å². The highest BCUT2D eigenvalue weighted by atomic mass is 35.5. The molecule has 1 aromatic carbocycles. The van der Waals surface area contributed by atoms with Crippen LogP contribution in [0.1, 0.15) is 24.3 Å². The van der Waals surface area contributed by atoms with Crippen molar-refractivity contribution >= 4 is 17.5 Å². The predicted molar refractivity (Wildman–Crippen MR) is 92.5 cm³/mol. The second-order valence-corrected chi connectivity index (χ2v) is 6.50. The Bertz CT molecular complexity index is 698. The Morgan fingerprint density at radius 1 is 1.32 bits per heavy atom. The molecule has 0 atom stereocenters. The zero-order chi connectivity index (χ0) is 17.5. The van der Waals surface area contributed by atoms with Crippen LogP contribution in [0, 0.1) is 5.92 Å². The third-order valence-corrected chi connectivity index (χ3v) is 4.29. The van der Waals surface area contributed by atoms with Crippen molar-refractivity contribution in [3.63, 3.8) is 0 Å². The van der Waals surface area contributed by atoms with E-state index < -0.39 is 0 Å². The standard InChI is InChI=1S/C18H21ClN2O4/c19-14-2-1-3-16(8-14)24-12-17-9-15(21-25-17)10-18(22)20-11-13-4-6-23-7-5-13/h1-3,8-9,13H,4-7,10-12H2,(H,20,22). The third-order valence-electron chi connectivity index (χ3n) is 4.06. The maximum absolute atomic E-state index is 12.0. The van der Waals surface area contributed by atoms with E-state index in [1.807, 2.05) is 12.1 Å². The molecule has 0 radical (unpaired) electrons. The van der Waals surface area contributed by atoms with Crippen LogP contribution in [0.15, 0.2) is 34.9 Å². The van der Waals surface area contributed by atoms with Crippen LogP contribution in [0.3, 0.4) is 0 Å². The number of halogens is 1. The smallest absolute Gasteiger partial charge is 0.226 e. The highest BCUT2D eigenvalue weighted by Crippen LogP contribution is 2.18. The van der Waals surface area contributed by atoms with Crippen molar-refractivity contribution in [2.24, 2.45) is 5.92 Å². The van der Waals surface area contributed by atoms with Gasteiger partial charge in [0.2, 0.25) is 5.91 Å².